The minimum atomic E-state index is -1.19. The van der Waals surface area contributed by atoms with Crippen LogP contribution in [0.15, 0.2) is 152 Å². The number of carbonyl (C=O) groups excluding carboxylic acids is 2. The van der Waals surface area contributed by atoms with E-state index in [1.165, 1.54) is 14.0 Å². The van der Waals surface area contributed by atoms with Crippen LogP contribution in [0.2, 0.25) is 0 Å². The zero-order valence-electron chi connectivity index (χ0n) is 35.1. The summed E-state index contributed by atoms with van der Waals surface area (Å²) < 4.78 is 64.9. The van der Waals surface area contributed by atoms with E-state index in [9.17, 15) is 9.59 Å². The van der Waals surface area contributed by atoms with Crippen LogP contribution in [0.5, 0.6) is 0 Å². The number of hydrogen-bond donors (Lipinski definition) is 0. The molecule has 7 rings (SSSR count). The summed E-state index contributed by atoms with van der Waals surface area (Å²) in [6, 6.07) is 47.4. The van der Waals surface area contributed by atoms with Crippen LogP contribution in [-0.2, 0) is 78.6 Å². The molecule has 0 spiro atoms. The molecule has 2 heterocycles. The average molecular weight is 847 g/mol. The topological polar surface area (TPSA) is 126 Å². The van der Waals surface area contributed by atoms with Gasteiger partial charge in [-0.05, 0) is 41.3 Å². The molecule has 0 amide bonds. The van der Waals surface area contributed by atoms with Crippen molar-refractivity contribution in [3.8, 4) is 0 Å². The lowest BCUT2D eigenvalue weighted by molar-refractivity contribution is -0.366. The predicted molar refractivity (Wildman–Crippen MR) is 227 cm³/mol. The Labute approximate surface area is 362 Å². The molecule has 10 atom stereocenters. The third-order valence-electron chi connectivity index (χ3n) is 10.6. The normalized spacial score (nSPS) is 26.0. The Hall–Kier alpha value is -5.28. The number of rotatable bonds is 19. The van der Waals surface area contributed by atoms with E-state index in [1.807, 2.05) is 134 Å². The Kier molecular flexibility index (Phi) is 16.4. The summed E-state index contributed by atoms with van der Waals surface area (Å²) in [4.78, 5) is 26.7. The van der Waals surface area contributed by atoms with E-state index in [0.29, 0.717) is 5.56 Å². The lowest BCUT2D eigenvalue weighted by Crippen LogP contribution is -2.66. The number of esters is 2. The Balaban J connectivity index is 1.25. The van der Waals surface area contributed by atoms with Crippen molar-refractivity contribution in [3.05, 3.63) is 179 Å². The highest BCUT2D eigenvalue weighted by Gasteiger charge is 2.55. The highest BCUT2D eigenvalue weighted by molar-refractivity contribution is 5.89. The predicted octanol–water partition coefficient (Wildman–Crippen LogP) is 7.62. The molecule has 0 bridgehead atoms. The van der Waals surface area contributed by atoms with Crippen LogP contribution >= 0.6 is 0 Å². The molecular weight excluding hydrogens is 793 g/mol. The standard InChI is InChI=1S/C50H54O12/c1-34-42(55-30-37-21-11-5-12-22-37)45(59-35(2)51)46(57-32-39-25-15-7-16-26-39)50(58-34)62-43-41(33-54-29-36-19-9-4-10-20-36)60-49(53-3)47(61-48(52)40-27-17-8-18-28-40)44(43)56-31-38-23-13-6-14-24-38/h4-28,34,41-47,49-50H,29-33H2,1-3H3. The molecule has 12 heteroatoms. The van der Waals surface area contributed by atoms with Crippen LogP contribution in [0.4, 0.5) is 0 Å². The number of benzene rings is 5. The number of ether oxygens (including phenoxy) is 10. The van der Waals surface area contributed by atoms with E-state index in [2.05, 4.69) is 0 Å². The maximum absolute atomic E-state index is 13.8. The minimum absolute atomic E-state index is 0.0258. The van der Waals surface area contributed by atoms with Gasteiger partial charge in [0, 0.05) is 14.0 Å². The van der Waals surface area contributed by atoms with E-state index in [-0.39, 0.29) is 33.0 Å². The molecule has 5 aromatic carbocycles. The number of hydrogen-bond acceptors (Lipinski definition) is 12. The minimum Gasteiger partial charge on any atom is -0.457 e. The fourth-order valence-electron chi connectivity index (χ4n) is 7.58. The van der Waals surface area contributed by atoms with Gasteiger partial charge in [-0.15, -0.1) is 0 Å². The molecule has 0 radical (unpaired) electrons. The second kappa shape index (κ2) is 22.7. The van der Waals surface area contributed by atoms with Crippen molar-refractivity contribution in [2.24, 2.45) is 0 Å². The first-order valence-corrected chi connectivity index (χ1v) is 20.9. The molecule has 12 nitrogen and oxygen atoms in total. The van der Waals surface area contributed by atoms with E-state index in [0.717, 1.165) is 22.3 Å². The second-order valence-electron chi connectivity index (χ2n) is 15.2. The van der Waals surface area contributed by atoms with Gasteiger partial charge in [-0.3, -0.25) is 4.79 Å². The van der Waals surface area contributed by atoms with Gasteiger partial charge in [0.05, 0.1) is 44.7 Å². The highest BCUT2D eigenvalue weighted by Crippen LogP contribution is 2.36. The third kappa shape index (κ3) is 12.2. The Morgan fingerprint density at radius 1 is 0.500 bits per heavy atom. The fourth-order valence-corrected chi connectivity index (χ4v) is 7.58. The lowest BCUT2D eigenvalue weighted by Gasteiger charge is -2.49. The second-order valence-corrected chi connectivity index (χ2v) is 15.2. The van der Waals surface area contributed by atoms with Crippen molar-refractivity contribution in [2.75, 3.05) is 13.7 Å². The van der Waals surface area contributed by atoms with Gasteiger partial charge in [-0.25, -0.2) is 4.79 Å². The molecule has 0 saturated carbocycles. The largest absolute Gasteiger partial charge is 0.457 e. The van der Waals surface area contributed by atoms with Gasteiger partial charge < -0.3 is 47.4 Å². The van der Waals surface area contributed by atoms with Gasteiger partial charge >= 0.3 is 11.9 Å². The van der Waals surface area contributed by atoms with Crippen LogP contribution in [0.25, 0.3) is 0 Å². The summed E-state index contributed by atoms with van der Waals surface area (Å²) in [5.41, 5.74) is 3.97. The number of carbonyl (C=O) groups is 2. The van der Waals surface area contributed by atoms with Crippen LogP contribution in [-0.4, -0.2) is 87.1 Å². The van der Waals surface area contributed by atoms with Crippen molar-refractivity contribution in [1.29, 1.82) is 0 Å². The molecule has 2 aliphatic rings. The zero-order chi connectivity index (χ0) is 43.1. The Morgan fingerprint density at radius 2 is 0.968 bits per heavy atom. The van der Waals surface area contributed by atoms with Gasteiger partial charge in [0.15, 0.2) is 24.8 Å². The van der Waals surface area contributed by atoms with Crippen LogP contribution < -0.4 is 0 Å². The first kappa shape index (κ1) is 44.8. The van der Waals surface area contributed by atoms with Gasteiger partial charge in [-0.1, -0.05) is 140 Å². The monoisotopic (exact) mass is 846 g/mol. The van der Waals surface area contributed by atoms with Crippen LogP contribution in [0.3, 0.4) is 0 Å². The van der Waals surface area contributed by atoms with E-state index >= 15 is 0 Å². The van der Waals surface area contributed by atoms with Crippen LogP contribution in [0, 0.1) is 0 Å². The Bertz CT molecular complexity index is 2070. The summed E-state index contributed by atoms with van der Waals surface area (Å²) in [6.45, 7) is 3.97. The van der Waals surface area contributed by atoms with Gasteiger partial charge in [0.1, 0.15) is 30.5 Å². The molecule has 2 saturated heterocycles. The summed E-state index contributed by atoms with van der Waals surface area (Å²) in [6.07, 6.45) is -9.74. The fraction of sp³-hybridized carbons (Fsp3) is 0.360. The first-order chi connectivity index (χ1) is 30.4. The molecule has 5 aromatic rings. The molecule has 62 heavy (non-hydrogen) atoms. The van der Waals surface area contributed by atoms with Crippen LogP contribution in [0.1, 0.15) is 46.5 Å². The summed E-state index contributed by atoms with van der Waals surface area (Å²) in [7, 11) is 1.48. The summed E-state index contributed by atoms with van der Waals surface area (Å²) >= 11 is 0. The van der Waals surface area contributed by atoms with E-state index in [4.69, 9.17) is 47.4 Å². The molecule has 326 valence electrons. The van der Waals surface area contributed by atoms with Crippen molar-refractivity contribution >= 4 is 11.9 Å². The van der Waals surface area contributed by atoms with Crippen molar-refractivity contribution in [2.45, 2.75) is 102 Å². The molecule has 2 fully saturated rings. The van der Waals surface area contributed by atoms with E-state index in [1.54, 1.807) is 24.3 Å². The molecule has 2 aliphatic heterocycles. The summed E-state index contributed by atoms with van der Waals surface area (Å²) in [5, 5.41) is 0. The van der Waals surface area contributed by atoms with Crippen molar-refractivity contribution in [3.63, 3.8) is 0 Å². The number of methoxy groups -OCH3 is 1. The summed E-state index contributed by atoms with van der Waals surface area (Å²) in [5.74, 6) is -1.13. The Morgan fingerprint density at radius 3 is 1.47 bits per heavy atom. The van der Waals surface area contributed by atoms with E-state index < -0.39 is 73.4 Å². The molecule has 0 aromatic heterocycles. The van der Waals surface area contributed by atoms with Crippen molar-refractivity contribution < 1.29 is 57.0 Å². The maximum atomic E-state index is 13.8. The third-order valence-corrected chi connectivity index (χ3v) is 10.6. The molecule has 0 aliphatic carbocycles. The van der Waals surface area contributed by atoms with Crippen molar-refractivity contribution in [1.82, 2.24) is 0 Å². The molecular formula is C50H54O12. The first-order valence-electron chi connectivity index (χ1n) is 20.9. The quantitative estimate of drug-likeness (QED) is 0.0760. The zero-order valence-corrected chi connectivity index (χ0v) is 35.1. The van der Waals surface area contributed by atoms with Gasteiger partial charge in [0.2, 0.25) is 0 Å². The lowest BCUT2D eigenvalue weighted by atomic mass is 9.96. The SMILES string of the molecule is COC1OC(COCc2ccccc2)C(OC2OC(C)C(OCc3ccccc3)C(OC(C)=O)C2OCc2ccccc2)C(OCc2ccccc2)C1OC(=O)c1ccccc1. The maximum Gasteiger partial charge on any atom is 0.338 e. The average Bonchev–Trinajstić information content (AvgIpc) is 3.30. The smallest absolute Gasteiger partial charge is 0.338 e. The van der Waals surface area contributed by atoms with Gasteiger partial charge in [0.25, 0.3) is 0 Å². The molecule has 10 unspecified atom stereocenters. The highest BCUT2D eigenvalue weighted by atomic mass is 16.8. The van der Waals surface area contributed by atoms with Gasteiger partial charge in [-0.2, -0.15) is 0 Å². The molecule has 0 N–H and O–H groups in total.